The van der Waals surface area contributed by atoms with E-state index in [9.17, 15) is 28.8 Å². The molecule has 2 aromatic rings. The Bertz CT molecular complexity index is 2150. The van der Waals surface area contributed by atoms with Gasteiger partial charge in [0.05, 0.1) is 144 Å². The van der Waals surface area contributed by atoms with E-state index in [0.29, 0.717) is 160 Å². The number of para-hydroxylation sites is 1. The van der Waals surface area contributed by atoms with Crippen molar-refractivity contribution in [2.45, 2.75) is 19.8 Å². The summed E-state index contributed by atoms with van der Waals surface area (Å²) in [5.41, 5.74) is 8.72. The highest BCUT2D eigenvalue weighted by Crippen LogP contribution is 2.29. The number of nitrogens with two attached hydrogens (primary N) is 1. The van der Waals surface area contributed by atoms with Crippen LogP contribution in [0.25, 0.3) is 6.08 Å². The minimum Gasteiger partial charge on any atom is -0.447 e. The first kappa shape index (κ1) is 63.3. The molecule has 25 heteroatoms. The third kappa shape index (κ3) is 28.1. The summed E-state index contributed by atoms with van der Waals surface area (Å²) < 4.78 is 59.8. The Hall–Kier alpha value is -6.23. The fourth-order valence-electron chi connectivity index (χ4n) is 6.67. The highest BCUT2D eigenvalue weighted by molar-refractivity contribution is 6.14. The monoisotopic (exact) mass is 1090 g/mol. The number of ether oxygens (including phenoxy) is 11. The minimum absolute atomic E-state index is 0.0115. The zero-order valence-electron chi connectivity index (χ0n) is 43.9. The number of nitrogens with one attached hydrogen (secondary N) is 3. The van der Waals surface area contributed by atoms with Crippen molar-refractivity contribution in [1.82, 2.24) is 20.6 Å². The molecule has 0 unspecified atom stereocenters. The van der Waals surface area contributed by atoms with Crippen LogP contribution in [-0.2, 0) is 76.1 Å². The first-order chi connectivity index (χ1) is 37.6. The molecular formula is C52H75N7O18. The van der Waals surface area contributed by atoms with Crippen molar-refractivity contribution < 1.29 is 85.7 Å². The molecule has 0 radical (unpaired) electrons. The van der Waals surface area contributed by atoms with Crippen molar-refractivity contribution in [3.63, 3.8) is 0 Å². The number of amides is 6. The molecule has 5 N–H and O–H groups in total. The van der Waals surface area contributed by atoms with Crippen molar-refractivity contribution in [3.05, 3.63) is 77.4 Å². The Labute approximate surface area is 448 Å². The van der Waals surface area contributed by atoms with E-state index in [1.165, 1.54) is 5.06 Å². The van der Waals surface area contributed by atoms with Gasteiger partial charge >= 0.3 is 6.09 Å². The predicted molar refractivity (Wildman–Crippen MR) is 279 cm³/mol. The fourth-order valence-corrected chi connectivity index (χ4v) is 6.67. The molecule has 0 bridgehead atoms. The van der Waals surface area contributed by atoms with Gasteiger partial charge in [0.1, 0.15) is 19.0 Å². The molecule has 2 aliphatic rings. The molecule has 2 aliphatic heterocycles. The van der Waals surface area contributed by atoms with Crippen molar-refractivity contribution in [2.75, 3.05) is 177 Å². The molecule has 0 saturated heterocycles. The Kier molecular flexibility index (Phi) is 32.9. The van der Waals surface area contributed by atoms with Crippen LogP contribution < -0.4 is 21.7 Å². The number of fused-ring (bicyclic) bond motifs is 1. The average molecular weight is 1090 g/mol. The number of aliphatic imine (C=N–C) groups is 1. The number of carbonyl (C=O) groups is 6. The Morgan fingerprint density at radius 2 is 1.09 bits per heavy atom. The van der Waals surface area contributed by atoms with Crippen LogP contribution in [0, 0.1) is 0 Å². The summed E-state index contributed by atoms with van der Waals surface area (Å²) in [5.74, 6) is -1.92. The minimum atomic E-state index is -0.653. The van der Waals surface area contributed by atoms with Crippen LogP contribution in [0.4, 0.5) is 16.2 Å². The lowest BCUT2D eigenvalue weighted by molar-refractivity contribution is -0.181. The van der Waals surface area contributed by atoms with Gasteiger partial charge in [-0.1, -0.05) is 31.2 Å². The van der Waals surface area contributed by atoms with Gasteiger partial charge in [0, 0.05) is 60.6 Å². The number of rotatable bonds is 44. The SMILES string of the molecule is CCCN(OCCNC(=O)OCCOCCOCCOCCOCCOCCOCCOCCOCCOCCOCCNC(=O)CN1C(=O)C=CC1=O)C(=O)C1=Cc2ccc(C(=O)Nc3ccccc3)cc2N=C(N)C1. The van der Waals surface area contributed by atoms with Crippen LogP contribution in [0.3, 0.4) is 0 Å². The molecule has 0 aliphatic carbocycles. The van der Waals surface area contributed by atoms with E-state index in [0.717, 1.165) is 17.1 Å². The molecular weight excluding hydrogens is 1010 g/mol. The van der Waals surface area contributed by atoms with E-state index in [-0.39, 0.29) is 70.1 Å². The molecule has 25 nitrogen and oxygen atoms in total. The summed E-state index contributed by atoms with van der Waals surface area (Å²) in [6, 6.07) is 14.1. The maximum Gasteiger partial charge on any atom is 0.407 e. The van der Waals surface area contributed by atoms with E-state index in [2.05, 4.69) is 20.9 Å². The van der Waals surface area contributed by atoms with Gasteiger partial charge in [-0.15, -0.1) is 0 Å². The van der Waals surface area contributed by atoms with E-state index in [4.69, 9.17) is 62.7 Å². The van der Waals surface area contributed by atoms with Crippen LogP contribution in [0.2, 0.25) is 0 Å². The summed E-state index contributed by atoms with van der Waals surface area (Å²) in [7, 11) is 0. The lowest BCUT2D eigenvalue weighted by Gasteiger charge is -2.22. The average Bonchev–Trinajstić information content (AvgIpc) is 3.62. The fraction of sp³-hybridized carbons (Fsp3) is 0.558. The first-order valence-electron chi connectivity index (χ1n) is 25.6. The topological polar surface area (TPSA) is 294 Å². The summed E-state index contributed by atoms with van der Waals surface area (Å²) in [4.78, 5) is 84.5. The smallest absolute Gasteiger partial charge is 0.407 e. The molecule has 6 amide bonds. The molecule has 0 saturated carbocycles. The quantitative estimate of drug-likeness (QED) is 0.0418. The van der Waals surface area contributed by atoms with Crippen LogP contribution in [0.5, 0.6) is 0 Å². The van der Waals surface area contributed by atoms with Crippen LogP contribution in [-0.4, -0.2) is 223 Å². The Morgan fingerprint density at radius 3 is 1.60 bits per heavy atom. The molecule has 0 aromatic heterocycles. The van der Waals surface area contributed by atoms with Crippen LogP contribution in [0.15, 0.2) is 71.2 Å². The van der Waals surface area contributed by atoms with Gasteiger partial charge < -0.3 is 73.8 Å². The van der Waals surface area contributed by atoms with Crippen molar-refractivity contribution in [1.29, 1.82) is 0 Å². The maximum atomic E-state index is 13.6. The van der Waals surface area contributed by atoms with Gasteiger partial charge in [-0.25, -0.2) is 14.9 Å². The molecule has 2 aromatic carbocycles. The molecule has 77 heavy (non-hydrogen) atoms. The number of benzene rings is 2. The van der Waals surface area contributed by atoms with E-state index < -0.39 is 23.8 Å². The van der Waals surface area contributed by atoms with Crippen molar-refractivity contribution >= 4 is 58.9 Å². The third-order valence-corrected chi connectivity index (χ3v) is 10.4. The van der Waals surface area contributed by atoms with E-state index in [1.54, 1.807) is 36.4 Å². The number of imide groups is 1. The lowest BCUT2D eigenvalue weighted by Crippen LogP contribution is -2.41. The largest absolute Gasteiger partial charge is 0.447 e. The summed E-state index contributed by atoms with van der Waals surface area (Å²) in [5, 5.41) is 9.27. The van der Waals surface area contributed by atoms with Gasteiger partial charge in [-0.05, 0) is 36.8 Å². The summed E-state index contributed by atoms with van der Waals surface area (Å²) >= 11 is 0. The molecule has 0 atom stereocenters. The highest BCUT2D eigenvalue weighted by Gasteiger charge is 2.26. The molecule has 4 rings (SSSR count). The van der Waals surface area contributed by atoms with Gasteiger partial charge in [-0.3, -0.25) is 33.7 Å². The number of amidine groups is 1. The lowest BCUT2D eigenvalue weighted by atomic mass is 10.0. The van der Waals surface area contributed by atoms with E-state index in [1.807, 2.05) is 25.1 Å². The number of hydrogen-bond donors (Lipinski definition) is 4. The Balaban J connectivity index is 0.841. The first-order valence-corrected chi connectivity index (χ1v) is 25.6. The van der Waals surface area contributed by atoms with Gasteiger partial charge in [0.2, 0.25) is 5.91 Å². The van der Waals surface area contributed by atoms with E-state index >= 15 is 0 Å². The molecule has 0 fully saturated rings. The molecule has 2 heterocycles. The zero-order valence-corrected chi connectivity index (χ0v) is 43.9. The number of hydroxylamine groups is 2. The number of carbonyl (C=O) groups excluding carboxylic acids is 6. The summed E-state index contributed by atoms with van der Waals surface area (Å²) in [6.45, 7) is 10.0. The van der Waals surface area contributed by atoms with Crippen LogP contribution >= 0.6 is 0 Å². The second kappa shape index (κ2) is 40.0. The van der Waals surface area contributed by atoms with Gasteiger partial charge in [0.15, 0.2) is 0 Å². The normalized spacial score (nSPS) is 13.0. The third-order valence-electron chi connectivity index (χ3n) is 10.4. The number of hydrogen-bond acceptors (Lipinski definition) is 20. The molecule has 0 spiro atoms. The maximum absolute atomic E-state index is 13.6. The van der Waals surface area contributed by atoms with Crippen LogP contribution in [0.1, 0.15) is 35.7 Å². The predicted octanol–water partition coefficient (Wildman–Crippen LogP) is 1.82. The second-order valence-electron chi connectivity index (χ2n) is 16.4. The summed E-state index contributed by atoms with van der Waals surface area (Å²) in [6.07, 6.45) is 4.00. The zero-order chi connectivity index (χ0) is 55.0. The highest BCUT2D eigenvalue weighted by atomic mass is 16.7. The van der Waals surface area contributed by atoms with Crippen molar-refractivity contribution in [3.8, 4) is 0 Å². The number of alkyl carbamates (subject to hydrolysis) is 1. The number of nitrogens with zero attached hydrogens (tertiary/aromatic N) is 3. The standard InChI is InChI=1S/C52H75N7O18/c1-2-14-59(51(64)43-37-41-8-9-42(38-45(41)57-46(53)39-43)50(63)56-44-6-4-3-5-7-44)77-16-13-55-52(65)76-36-35-75-34-33-74-32-31-73-30-29-72-28-27-71-26-25-70-24-23-69-22-21-68-20-19-67-18-17-66-15-12-54-47(60)40-58-48(61)10-11-49(58)62/h3-11,37-38H,2,12-36,39-40H2,1H3,(H2,53,57)(H,54,60)(H,55,65)(H,56,63). The molecule has 426 valence electrons. The van der Waals surface area contributed by atoms with Gasteiger partial charge in [0.25, 0.3) is 23.6 Å². The Morgan fingerprint density at radius 1 is 0.610 bits per heavy atom. The van der Waals surface area contributed by atoms with Crippen molar-refractivity contribution in [2.24, 2.45) is 10.7 Å². The van der Waals surface area contributed by atoms with Gasteiger partial charge in [-0.2, -0.15) is 0 Å². The number of anilines is 1. The second-order valence-corrected chi connectivity index (χ2v) is 16.4.